The predicted molar refractivity (Wildman–Crippen MR) is 62.3 cm³/mol. The summed E-state index contributed by atoms with van der Waals surface area (Å²) in [6.07, 6.45) is 1.13. The molecule has 0 atom stereocenters. The Kier molecular flexibility index (Phi) is 2.87. The van der Waals surface area contributed by atoms with Crippen LogP contribution in [0, 0.1) is 12.7 Å². The summed E-state index contributed by atoms with van der Waals surface area (Å²) >= 11 is 0. The van der Waals surface area contributed by atoms with Crippen molar-refractivity contribution in [3.63, 3.8) is 0 Å². The average Bonchev–Trinajstić information content (AvgIpc) is 2.45. The lowest BCUT2D eigenvalue weighted by atomic mass is 10.1. The van der Waals surface area contributed by atoms with Gasteiger partial charge in [0.15, 0.2) is 5.75 Å². The summed E-state index contributed by atoms with van der Waals surface area (Å²) in [5.41, 5.74) is 1.26. The Labute approximate surface area is 97.2 Å². The lowest BCUT2D eigenvalue weighted by molar-refractivity contribution is 0.471. The molecular formula is C13H10FNO2. The monoisotopic (exact) mass is 231 g/mol. The molecule has 0 fully saturated rings. The van der Waals surface area contributed by atoms with Crippen molar-refractivity contribution in [2.45, 2.75) is 6.92 Å². The zero-order chi connectivity index (χ0) is 12.4. The molecule has 2 rings (SSSR count). The molecular weight excluding hydrogens is 221 g/mol. The molecule has 0 aliphatic heterocycles. The number of nitrogens with zero attached hydrogens (tertiary/aromatic N) is 1. The number of halogens is 1. The molecule has 0 bridgehead atoms. The number of hydrogen-bond acceptors (Lipinski definition) is 3. The maximum atomic E-state index is 13.1. The molecule has 1 heterocycles. The van der Waals surface area contributed by atoms with Crippen molar-refractivity contribution < 1.29 is 9.50 Å². The molecule has 1 aromatic heterocycles. The largest absolute Gasteiger partial charge is 0.504 e. The van der Waals surface area contributed by atoms with Crippen LogP contribution in [0.25, 0.3) is 11.1 Å². The molecule has 0 aliphatic carbocycles. The summed E-state index contributed by atoms with van der Waals surface area (Å²) in [5, 5.41) is 9.45. The fraction of sp³-hybridized carbons (Fsp3) is 0.0769. The summed E-state index contributed by atoms with van der Waals surface area (Å²) in [7, 11) is 0. The Morgan fingerprint density at radius 3 is 2.82 bits per heavy atom. The molecule has 0 radical (unpaired) electrons. The van der Waals surface area contributed by atoms with Crippen molar-refractivity contribution >= 4 is 0 Å². The maximum absolute atomic E-state index is 13.1. The van der Waals surface area contributed by atoms with Crippen LogP contribution >= 0.6 is 0 Å². The molecule has 0 amide bonds. The minimum absolute atomic E-state index is 0.367. The van der Waals surface area contributed by atoms with Gasteiger partial charge in [-0.05, 0) is 30.7 Å². The van der Waals surface area contributed by atoms with E-state index in [1.807, 2.05) is 0 Å². The van der Waals surface area contributed by atoms with Crippen LogP contribution in [0.2, 0.25) is 0 Å². The quantitative estimate of drug-likeness (QED) is 0.819. The van der Waals surface area contributed by atoms with Gasteiger partial charge in [0, 0.05) is 11.3 Å². The van der Waals surface area contributed by atoms with Crippen LogP contribution in [-0.2, 0) is 0 Å². The zero-order valence-corrected chi connectivity index (χ0v) is 9.14. The third-order valence-corrected chi connectivity index (χ3v) is 2.43. The van der Waals surface area contributed by atoms with Gasteiger partial charge in [0.1, 0.15) is 5.82 Å². The molecule has 86 valence electrons. The second kappa shape index (κ2) is 4.33. The van der Waals surface area contributed by atoms with Crippen molar-refractivity contribution in [2.24, 2.45) is 0 Å². The molecule has 2 aromatic rings. The van der Waals surface area contributed by atoms with E-state index < -0.39 is 11.2 Å². The predicted octanol–water partition coefficient (Wildman–Crippen LogP) is 2.26. The summed E-state index contributed by atoms with van der Waals surface area (Å²) in [5.74, 6) is -0.826. The van der Waals surface area contributed by atoms with E-state index in [9.17, 15) is 14.3 Å². The Hall–Kier alpha value is -2.23. The van der Waals surface area contributed by atoms with E-state index in [0.717, 1.165) is 6.20 Å². The van der Waals surface area contributed by atoms with Gasteiger partial charge >= 0.3 is 0 Å². The molecule has 0 saturated heterocycles. The Morgan fingerprint density at radius 2 is 2.06 bits per heavy atom. The van der Waals surface area contributed by atoms with Gasteiger partial charge in [-0.2, -0.15) is 0 Å². The zero-order valence-electron chi connectivity index (χ0n) is 9.14. The van der Waals surface area contributed by atoms with Gasteiger partial charge in [-0.25, -0.2) is 4.39 Å². The van der Waals surface area contributed by atoms with E-state index >= 15 is 0 Å². The highest BCUT2D eigenvalue weighted by Crippen LogP contribution is 2.23. The number of aromatic nitrogens is 1. The number of hydrogen-bond donors (Lipinski definition) is 1. The summed E-state index contributed by atoms with van der Waals surface area (Å²) in [6, 6.07) is 7.03. The molecule has 0 saturated carbocycles. The number of pyridine rings is 1. The standard InChI is InChI=1S/C13H10FNO2/c1-8-11(6-10(14)7-15-8)9-3-2-4-12(16)13(17)5-9/h2-7H,1H3,(H,16,17). The van der Waals surface area contributed by atoms with Crippen LogP contribution in [0.1, 0.15) is 5.69 Å². The second-order valence-corrected chi connectivity index (χ2v) is 3.66. The number of aryl methyl sites for hydroxylation is 1. The van der Waals surface area contributed by atoms with Gasteiger partial charge in [-0.3, -0.25) is 9.78 Å². The SMILES string of the molecule is Cc1ncc(F)cc1-c1cccc(=O)c(O)c1. The van der Waals surface area contributed by atoms with Crippen molar-refractivity contribution in [1.29, 1.82) is 0 Å². The Morgan fingerprint density at radius 1 is 1.29 bits per heavy atom. The van der Waals surface area contributed by atoms with Crippen LogP contribution in [0.3, 0.4) is 0 Å². The van der Waals surface area contributed by atoms with Crippen LogP contribution < -0.4 is 5.43 Å². The van der Waals surface area contributed by atoms with Crippen molar-refractivity contribution in [2.75, 3.05) is 0 Å². The normalized spacial score (nSPS) is 10.2. The van der Waals surface area contributed by atoms with E-state index in [0.29, 0.717) is 16.8 Å². The van der Waals surface area contributed by atoms with Crippen molar-refractivity contribution in [3.8, 4) is 16.9 Å². The van der Waals surface area contributed by atoms with E-state index in [-0.39, 0.29) is 5.75 Å². The van der Waals surface area contributed by atoms with Crippen LogP contribution in [-0.4, -0.2) is 10.1 Å². The van der Waals surface area contributed by atoms with E-state index in [4.69, 9.17) is 0 Å². The fourth-order valence-corrected chi connectivity index (χ4v) is 1.56. The number of aromatic hydroxyl groups is 1. The van der Waals surface area contributed by atoms with Gasteiger partial charge in [-0.1, -0.05) is 12.1 Å². The lowest BCUT2D eigenvalue weighted by Crippen LogP contribution is -1.92. The number of rotatable bonds is 1. The van der Waals surface area contributed by atoms with Gasteiger partial charge in [0.2, 0.25) is 5.43 Å². The lowest BCUT2D eigenvalue weighted by Gasteiger charge is -2.03. The molecule has 1 N–H and O–H groups in total. The molecule has 0 spiro atoms. The first-order valence-corrected chi connectivity index (χ1v) is 5.04. The van der Waals surface area contributed by atoms with Gasteiger partial charge in [0.25, 0.3) is 0 Å². The Balaban J connectivity index is 2.69. The van der Waals surface area contributed by atoms with Gasteiger partial charge in [-0.15, -0.1) is 0 Å². The first-order chi connectivity index (χ1) is 8.08. The first-order valence-electron chi connectivity index (χ1n) is 5.04. The Bertz CT molecular complexity index is 626. The fourth-order valence-electron chi connectivity index (χ4n) is 1.56. The smallest absolute Gasteiger partial charge is 0.220 e. The van der Waals surface area contributed by atoms with Crippen molar-refractivity contribution in [3.05, 3.63) is 58.3 Å². The molecule has 17 heavy (non-hydrogen) atoms. The first kappa shape index (κ1) is 11.3. The molecule has 3 nitrogen and oxygen atoms in total. The van der Waals surface area contributed by atoms with E-state index in [1.165, 1.54) is 24.3 Å². The highest BCUT2D eigenvalue weighted by Gasteiger charge is 2.05. The van der Waals surface area contributed by atoms with E-state index in [1.54, 1.807) is 13.0 Å². The van der Waals surface area contributed by atoms with Gasteiger partial charge in [0.05, 0.1) is 6.20 Å². The van der Waals surface area contributed by atoms with Crippen LogP contribution in [0.4, 0.5) is 4.39 Å². The molecule has 1 aromatic carbocycles. The third kappa shape index (κ3) is 2.30. The maximum Gasteiger partial charge on any atom is 0.220 e. The highest BCUT2D eigenvalue weighted by atomic mass is 19.1. The minimum atomic E-state index is -0.474. The molecule has 0 aliphatic rings. The third-order valence-electron chi connectivity index (χ3n) is 2.43. The average molecular weight is 231 g/mol. The highest BCUT2D eigenvalue weighted by molar-refractivity contribution is 5.66. The van der Waals surface area contributed by atoms with E-state index in [2.05, 4.69) is 4.98 Å². The molecule has 0 unspecified atom stereocenters. The van der Waals surface area contributed by atoms with Gasteiger partial charge < -0.3 is 5.11 Å². The summed E-state index contributed by atoms with van der Waals surface area (Å²) in [6.45, 7) is 1.73. The molecule has 4 heteroatoms. The summed E-state index contributed by atoms with van der Waals surface area (Å²) in [4.78, 5) is 15.1. The second-order valence-electron chi connectivity index (χ2n) is 3.66. The van der Waals surface area contributed by atoms with Crippen molar-refractivity contribution in [1.82, 2.24) is 4.98 Å². The van der Waals surface area contributed by atoms with Crippen LogP contribution in [0.15, 0.2) is 41.3 Å². The van der Waals surface area contributed by atoms with Crippen LogP contribution in [0.5, 0.6) is 5.75 Å². The minimum Gasteiger partial charge on any atom is -0.504 e. The summed E-state index contributed by atoms with van der Waals surface area (Å²) < 4.78 is 13.1. The topological polar surface area (TPSA) is 50.2 Å².